The molecule has 0 bridgehead atoms. The van der Waals surface area contributed by atoms with Gasteiger partial charge in [0, 0.05) is 43.0 Å². The van der Waals surface area contributed by atoms with Gasteiger partial charge in [-0.05, 0) is 50.3 Å². The normalized spacial score (nSPS) is 22.8. The Hall–Kier alpha value is -2.86. The average Bonchev–Trinajstić information content (AvgIpc) is 3.12. The lowest BCUT2D eigenvalue weighted by atomic mass is 9.85. The molecule has 2 atom stereocenters. The van der Waals surface area contributed by atoms with Crippen molar-refractivity contribution in [2.45, 2.75) is 46.0 Å². The van der Waals surface area contributed by atoms with E-state index < -0.39 is 0 Å². The molecular weight excluding hydrogens is 436 g/mol. The van der Waals surface area contributed by atoms with E-state index >= 15 is 0 Å². The highest BCUT2D eigenvalue weighted by Crippen LogP contribution is 2.46. The van der Waals surface area contributed by atoms with E-state index in [1.165, 1.54) is 45.2 Å². The standard InChI is InChI=1S/C29H36N4O2/c1-19-15-20(2)18-33(17-19)24-16-23(30-11-14-32-12-7-3-4-8-13-32)25-26-27(24)31-35-29(26)22-10-6-5-9-21(22)28(25)34/h5-6,9-10,16,19-20,30H,3-4,7-8,11-15,17-18H2,1-2H3/t19-,20+. The third kappa shape index (κ3) is 4.12. The molecule has 184 valence electrons. The van der Waals surface area contributed by atoms with Crippen LogP contribution in [0, 0.1) is 11.8 Å². The number of carbonyl (C=O) groups is 1. The Bertz CT molecular complexity index is 1230. The Labute approximate surface area is 207 Å². The van der Waals surface area contributed by atoms with E-state index in [2.05, 4.69) is 40.2 Å². The van der Waals surface area contributed by atoms with Gasteiger partial charge < -0.3 is 19.6 Å². The Balaban J connectivity index is 1.41. The summed E-state index contributed by atoms with van der Waals surface area (Å²) in [6.07, 6.45) is 6.49. The Morgan fingerprint density at radius 1 is 1.03 bits per heavy atom. The monoisotopic (exact) mass is 472 g/mol. The smallest absolute Gasteiger partial charge is 0.196 e. The zero-order valence-electron chi connectivity index (χ0n) is 21.0. The molecule has 2 aromatic carbocycles. The van der Waals surface area contributed by atoms with Crippen LogP contribution in [0.3, 0.4) is 0 Å². The third-order valence-corrected chi connectivity index (χ3v) is 8.03. The lowest BCUT2D eigenvalue weighted by molar-refractivity contribution is 0.104. The third-order valence-electron chi connectivity index (χ3n) is 8.03. The summed E-state index contributed by atoms with van der Waals surface area (Å²) in [5.41, 5.74) is 5.07. The predicted octanol–water partition coefficient (Wildman–Crippen LogP) is 5.81. The summed E-state index contributed by atoms with van der Waals surface area (Å²) in [5.74, 6) is 2.02. The van der Waals surface area contributed by atoms with Gasteiger partial charge in [0.15, 0.2) is 11.5 Å². The predicted molar refractivity (Wildman–Crippen MR) is 141 cm³/mol. The Morgan fingerprint density at radius 2 is 1.74 bits per heavy atom. The first kappa shape index (κ1) is 22.6. The van der Waals surface area contributed by atoms with E-state index in [4.69, 9.17) is 4.52 Å². The molecule has 0 spiro atoms. The zero-order chi connectivity index (χ0) is 23.9. The first-order valence-electron chi connectivity index (χ1n) is 13.4. The maximum atomic E-state index is 13.8. The van der Waals surface area contributed by atoms with Gasteiger partial charge in [0.25, 0.3) is 0 Å². The van der Waals surface area contributed by atoms with Crippen molar-refractivity contribution in [2.24, 2.45) is 11.8 Å². The average molecular weight is 473 g/mol. The molecule has 0 unspecified atom stereocenters. The number of likely N-dealkylation sites (tertiary alicyclic amines) is 1. The zero-order valence-corrected chi connectivity index (χ0v) is 21.0. The fraction of sp³-hybridized carbons (Fsp3) is 0.517. The molecule has 3 heterocycles. The van der Waals surface area contributed by atoms with Crippen molar-refractivity contribution >= 4 is 28.1 Å². The molecule has 2 saturated heterocycles. The quantitative estimate of drug-likeness (QED) is 0.396. The molecule has 0 saturated carbocycles. The first-order chi connectivity index (χ1) is 17.1. The summed E-state index contributed by atoms with van der Waals surface area (Å²) < 4.78 is 5.96. The van der Waals surface area contributed by atoms with Crippen LogP contribution in [0.1, 0.15) is 61.9 Å². The first-order valence-corrected chi connectivity index (χ1v) is 13.4. The van der Waals surface area contributed by atoms with E-state index in [1.54, 1.807) is 0 Å². The number of aromatic nitrogens is 1. The fourth-order valence-electron chi connectivity index (χ4n) is 6.49. The number of rotatable bonds is 5. The second kappa shape index (κ2) is 9.30. The van der Waals surface area contributed by atoms with E-state index in [0.29, 0.717) is 23.0 Å². The van der Waals surface area contributed by atoms with Crippen LogP contribution in [0.2, 0.25) is 0 Å². The molecule has 6 nitrogen and oxygen atoms in total. The highest BCUT2D eigenvalue weighted by Gasteiger charge is 2.34. The molecule has 3 aliphatic rings. The minimum atomic E-state index is 0.0607. The maximum absolute atomic E-state index is 13.8. The van der Waals surface area contributed by atoms with Crippen LogP contribution in [0.4, 0.5) is 11.4 Å². The Morgan fingerprint density at radius 3 is 2.49 bits per heavy atom. The fourth-order valence-corrected chi connectivity index (χ4v) is 6.49. The van der Waals surface area contributed by atoms with Crippen LogP contribution >= 0.6 is 0 Å². The number of nitrogens with one attached hydrogen (secondary N) is 1. The van der Waals surface area contributed by atoms with Crippen molar-refractivity contribution in [3.05, 3.63) is 41.5 Å². The second-order valence-electron chi connectivity index (χ2n) is 11.0. The molecule has 2 fully saturated rings. The second-order valence-corrected chi connectivity index (χ2v) is 11.0. The van der Waals surface area contributed by atoms with Gasteiger partial charge in [-0.15, -0.1) is 0 Å². The molecule has 0 radical (unpaired) electrons. The van der Waals surface area contributed by atoms with Gasteiger partial charge >= 0.3 is 0 Å². The van der Waals surface area contributed by atoms with Gasteiger partial charge in [-0.1, -0.05) is 56.1 Å². The van der Waals surface area contributed by atoms with Gasteiger partial charge in [0.1, 0.15) is 5.52 Å². The summed E-state index contributed by atoms with van der Waals surface area (Å²) >= 11 is 0. The molecule has 6 rings (SSSR count). The van der Waals surface area contributed by atoms with Crippen molar-refractivity contribution in [2.75, 3.05) is 49.5 Å². The SMILES string of the molecule is C[C@@H]1C[C@H](C)CN(c2cc(NCCN3CCCCCC3)c3c4c(onc24)-c2ccccc2C3=O)C1. The minimum absolute atomic E-state index is 0.0607. The van der Waals surface area contributed by atoms with Crippen LogP contribution < -0.4 is 10.2 Å². The van der Waals surface area contributed by atoms with Gasteiger partial charge in [-0.25, -0.2) is 0 Å². The van der Waals surface area contributed by atoms with Gasteiger partial charge in [0.2, 0.25) is 0 Å². The van der Waals surface area contributed by atoms with E-state index in [-0.39, 0.29) is 5.78 Å². The largest absolute Gasteiger partial charge is 0.383 e. The molecule has 35 heavy (non-hydrogen) atoms. The molecule has 0 amide bonds. The number of anilines is 2. The summed E-state index contributed by atoms with van der Waals surface area (Å²) in [4.78, 5) is 18.8. The number of ketones is 1. The van der Waals surface area contributed by atoms with Crippen molar-refractivity contribution in [1.29, 1.82) is 0 Å². The maximum Gasteiger partial charge on any atom is 0.196 e. The van der Waals surface area contributed by atoms with Crippen LogP contribution in [0.15, 0.2) is 34.9 Å². The van der Waals surface area contributed by atoms with Crippen molar-refractivity contribution in [3.63, 3.8) is 0 Å². The summed E-state index contributed by atoms with van der Waals surface area (Å²) in [7, 11) is 0. The molecule has 3 aromatic rings. The number of piperidine rings is 1. The molecule has 6 heteroatoms. The molecule has 1 N–H and O–H groups in total. The number of benzene rings is 2. The minimum Gasteiger partial charge on any atom is -0.383 e. The summed E-state index contributed by atoms with van der Waals surface area (Å²) in [6.45, 7) is 10.8. The number of hydrogen-bond acceptors (Lipinski definition) is 6. The van der Waals surface area contributed by atoms with E-state index in [1.807, 2.05) is 24.3 Å². The van der Waals surface area contributed by atoms with Gasteiger partial charge in [0.05, 0.1) is 16.6 Å². The summed E-state index contributed by atoms with van der Waals surface area (Å²) in [6, 6.07) is 9.93. The highest BCUT2D eigenvalue weighted by molar-refractivity contribution is 6.28. The van der Waals surface area contributed by atoms with Crippen LogP contribution in [0.5, 0.6) is 0 Å². The molecule has 1 aliphatic carbocycles. The molecule has 2 aliphatic heterocycles. The van der Waals surface area contributed by atoms with Crippen molar-refractivity contribution in [3.8, 4) is 11.3 Å². The van der Waals surface area contributed by atoms with Crippen molar-refractivity contribution < 1.29 is 9.32 Å². The number of carbonyl (C=O) groups excluding carboxylic acids is 1. The van der Waals surface area contributed by atoms with Crippen LogP contribution in [-0.2, 0) is 0 Å². The molecular formula is C29H36N4O2. The van der Waals surface area contributed by atoms with E-state index in [0.717, 1.165) is 59.8 Å². The topological polar surface area (TPSA) is 61.6 Å². The Kier molecular flexibility index (Phi) is 6.01. The van der Waals surface area contributed by atoms with Crippen molar-refractivity contribution in [1.82, 2.24) is 10.1 Å². The van der Waals surface area contributed by atoms with Gasteiger partial charge in [-0.2, -0.15) is 0 Å². The van der Waals surface area contributed by atoms with Crippen LogP contribution in [-0.4, -0.2) is 55.1 Å². The number of hydrogen-bond donors (Lipinski definition) is 1. The van der Waals surface area contributed by atoms with Crippen LogP contribution in [0.25, 0.3) is 22.2 Å². The highest BCUT2D eigenvalue weighted by atomic mass is 16.5. The molecule has 1 aromatic heterocycles. The van der Waals surface area contributed by atoms with E-state index in [9.17, 15) is 4.79 Å². The van der Waals surface area contributed by atoms with Gasteiger partial charge in [-0.3, -0.25) is 4.79 Å². The lowest BCUT2D eigenvalue weighted by Crippen LogP contribution is -2.39. The number of fused-ring (bicyclic) bond motifs is 2. The summed E-state index contributed by atoms with van der Waals surface area (Å²) in [5, 5.41) is 9.10. The lowest BCUT2D eigenvalue weighted by Gasteiger charge is -2.37. The number of nitrogens with zero attached hydrogens (tertiary/aromatic N) is 3.